The van der Waals surface area contributed by atoms with Crippen molar-refractivity contribution >= 4 is 51.8 Å². The normalized spacial score (nSPS) is 18.2. The first kappa shape index (κ1) is 19.8. The second-order valence-electron chi connectivity index (χ2n) is 4.40. The molecular formula is C13H13Cl2F3O2S2. The number of hydrogen-bond acceptors (Lipinski definition) is 3. The van der Waals surface area contributed by atoms with E-state index in [0.29, 0.717) is 23.4 Å². The molecule has 3 atom stereocenters. The molecule has 1 aromatic rings. The average Bonchev–Trinajstić information content (AvgIpc) is 2.39. The lowest BCUT2D eigenvalue weighted by atomic mass is 10.0. The van der Waals surface area contributed by atoms with Crippen LogP contribution in [0.3, 0.4) is 0 Å². The molecule has 0 aliphatic heterocycles. The molecule has 2 nitrogen and oxygen atoms in total. The fourth-order valence-electron chi connectivity index (χ4n) is 1.71. The van der Waals surface area contributed by atoms with Gasteiger partial charge in [0.2, 0.25) is 5.60 Å². The molecule has 3 unspecified atom stereocenters. The van der Waals surface area contributed by atoms with Crippen LogP contribution in [0.1, 0.15) is 5.56 Å². The molecule has 9 heteroatoms. The van der Waals surface area contributed by atoms with Crippen molar-refractivity contribution in [3.63, 3.8) is 0 Å². The summed E-state index contributed by atoms with van der Waals surface area (Å²) in [5, 5.41) is 10.5. The number of halogens is 5. The van der Waals surface area contributed by atoms with Crippen LogP contribution >= 0.6 is 35.0 Å². The fourth-order valence-corrected chi connectivity index (χ4v) is 4.39. The summed E-state index contributed by atoms with van der Waals surface area (Å²) in [7, 11) is -1.89. The summed E-state index contributed by atoms with van der Waals surface area (Å²) >= 11 is 12.2. The van der Waals surface area contributed by atoms with Gasteiger partial charge in [-0.25, -0.2) is 0 Å². The van der Waals surface area contributed by atoms with E-state index in [0.717, 1.165) is 12.3 Å². The Hall–Kier alpha value is -0.210. The summed E-state index contributed by atoms with van der Waals surface area (Å²) in [5.74, 6) is 0. The number of rotatable bonds is 5. The maximum Gasteiger partial charge on any atom is 0.422 e. The molecule has 0 aliphatic carbocycles. The molecule has 0 bridgehead atoms. The Balaban J connectivity index is 3.26. The second kappa shape index (κ2) is 7.57. The maximum atomic E-state index is 13.3. The quantitative estimate of drug-likeness (QED) is 0.808. The molecule has 1 rings (SSSR count). The van der Waals surface area contributed by atoms with Gasteiger partial charge in [-0.15, -0.1) is 11.8 Å². The van der Waals surface area contributed by atoms with Gasteiger partial charge in [0.25, 0.3) is 0 Å². The third-order valence-corrected chi connectivity index (χ3v) is 6.68. The van der Waals surface area contributed by atoms with Gasteiger partial charge >= 0.3 is 6.18 Å². The summed E-state index contributed by atoms with van der Waals surface area (Å²) < 4.78 is 49.7. The van der Waals surface area contributed by atoms with E-state index >= 15 is 0 Å². The second-order valence-corrected chi connectivity index (χ2v) is 7.92. The van der Waals surface area contributed by atoms with Crippen LogP contribution in [-0.2, 0) is 10.8 Å². The van der Waals surface area contributed by atoms with Gasteiger partial charge in [-0.05, 0) is 30.0 Å². The number of alkyl halides is 3. The Bertz CT molecular complexity index is 593. The van der Waals surface area contributed by atoms with Crippen LogP contribution in [-0.4, -0.2) is 38.2 Å². The minimum absolute atomic E-state index is 0.180. The predicted molar refractivity (Wildman–Crippen MR) is 87.9 cm³/mol. The van der Waals surface area contributed by atoms with Crippen molar-refractivity contribution in [3.8, 4) is 0 Å². The molecule has 22 heavy (non-hydrogen) atoms. The number of benzene rings is 1. The largest absolute Gasteiger partial charge is 0.422 e. The Morgan fingerprint density at radius 3 is 2.32 bits per heavy atom. The summed E-state index contributed by atoms with van der Waals surface area (Å²) in [4.78, 5) is 0. The Morgan fingerprint density at radius 1 is 1.32 bits per heavy atom. The van der Waals surface area contributed by atoms with Gasteiger partial charge in [-0.2, -0.15) is 13.2 Å². The van der Waals surface area contributed by atoms with E-state index in [2.05, 4.69) is 0 Å². The van der Waals surface area contributed by atoms with Gasteiger partial charge in [0.15, 0.2) is 0 Å². The Labute approximate surface area is 143 Å². The monoisotopic (exact) mass is 392 g/mol. The highest BCUT2D eigenvalue weighted by Gasteiger charge is 2.58. The molecule has 0 amide bonds. The average molecular weight is 393 g/mol. The summed E-state index contributed by atoms with van der Waals surface area (Å²) in [6.07, 6.45) is -0.833. The van der Waals surface area contributed by atoms with Crippen molar-refractivity contribution in [1.82, 2.24) is 0 Å². The molecule has 0 spiro atoms. The van der Waals surface area contributed by atoms with Crippen LogP contribution in [0.2, 0.25) is 10.0 Å². The summed E-state index contributed by atoms with van der Waals surface area (Å²) in [6, 6.07) is 4.26. The van der Waals surface area contributed by atoms with Crippen LogP contribution in [0.5, 0.6) is 0 Å². The highest BCUT2D eigenvalue weighted by atomic mass is 35.5. The highest BCUT2D eigenvalue weighted by Crippen LogP contribution is 2.40. The van der Waals surface area contributed by atoms with E-state index in [9.17, 15) is 22.5 Å². The van der Waals surface area contributed by atoms with Crippen molar-refractivity contribution in [2.24, 2.45) is 0 Å². The molecular weight excluding hydrogens is 380 g/mol. The van der Waals surface area contributed by atoms with E-state index in [1.54, 1.807) is 0 Å². The van der Waals surface area contributed by atoms with Gasteiger partial charge in [-0.3, -0.25) is 4.21 Å². The molecule has 1 N–H and O–H groups in total. The SMILES string of the molecule is CSC(S(C)=O)C(O)(C=Cc1ccc(Cl)c(Cl)c1)C(F)(F)F. The van der Waals surface area contributed by atoms with Gasteiger partial charge < -0.3 is 5.11 Å². The minimum Gasteiger partial charge on any atom is -0.375 e. The minimum atomic E-state index is -4.97. The van der Waals surface area contributed by atoms with Gasteiger partial charge in [-0.1, -0.05) is 35.3 Å². The smallest absolute Gasteiger partial charge is 0.375 e. The molecule has 124 valence electrons. The van der Waals surface area contributed by atoms with Gasteiger partial charge in [0.1, 0.15) is 4.58 Å². The van der Waals surface area contributed by atoms with Crippen LogP contribution in [0.25, 0.3) is 6.08 Å². The zero-order valence-electron chi connectivity index (χ0n) is 11.5. The van der Waals surface area contributed by atoms with Crippen molar-refractivity contribution in [2.75, 3.05) is 12.5 Å². The number of aliphatic hydroxyl groups is 1. The molecule has 0 saturated heterocycles. The molecule has 0 saturated carbocycles. The third-order valence-electron chi connectivity index (χ3n) is 2.80. The predicted octanol–water partition coefficient (Wildman–Crippen LogP) is 4.37. The van der Waals surface area contributed by atoms with E-state index < -0.39 is 27.2 Å². The topological polar surface area (TPSA) is 37.3 Å². The Morgan fingerprint density at radius 2 is 1.91 bits per heavy atom. The van der Waals surface area contributed by atoms with Crippen molar-refractivity contribution < 1.29 is 22.5 Å². The summed E-state index contributed by atoms with van der Waals surface area (Å²) in [5.41, 5.74) is -2.89. The van der Waals surface area contributed by atoms with Crippen molar-refractivity contribution in [3.05, 3.63) is 39.9 Å². The number of hydrogen-bond donors (Lipinski definition) is 1. The van der Waals surface area contributed by atoms with Gasteiger partial charge in [0.05, 0.1) is 10.0 Å². The van der Waals surface area contributed by atoms with Crippen LogP contribution in [0.4, 0.5) is 13.2 Å². The first-order valence-corrected chi connectivity index (χ1v) is 9.48. The molecule has 0 heterocycles. The number of thioether (sulfide) groups is 1. The standard InChI is InChI=1S/C13H13Cl2F3O2S2/c1-21-11(22(2)20)12(19,13(16,17)18)6-5-8-3-4-9(14)10(15)7-8/h3-7,11,19H,1-2H3. The molecule has 1 aromatic carbocycles. The fraction of sp³-hybridized carbons (Fsp3) is 0.385. The highest BCUT2D eigenvalue weighted by molar-refractivity contribution is 8.10. The van der Waals surface area contributed by atoms with Crippen LogP contribution in [0, 0.1) is 0 Å². The molecule has 0 fully saturated rings. The van der Waals surface area contributed by atoms with E-state index in [1.807, 2.05) is 0 Å². The zero-order valence-corrected chi connectivity index (χ0v) is 14.7. The first-order chi connectivity index (χ1) is 10.0. The van der Waals surface area contributed by atoms with E-state index in [-0.39, 0.29) is 10.0 Å². The summed E-state index contributed by atoms with van der Waals surface area (Å²) in [6.45, 7) is 0. The molecule has 0 radical (unpaired) electrons. The van der Waals surface area contributed by atoms with Crippen molar-refractivity contribution in [1.29, 1.82) is 0 Å². The molecule has 0 aliphatic rings. The lowest BCUT2D eigenvalue weighted by Gasteiger charge is -2.33. The van der Waals surface area contributed by atoms with Crippen LogP contribution < -0.4 is 0 Å². The lowest BCUT2D eigenvalue weighted by molar-refractivity contribution is -0.233. The Kier molecular flexibility index (Phi) is 6.83. The first-order valence-electron chi connectivity index (χ1n) is 5.81. The van der Waals surface area contributed by atoms with E-state index in [1.165, 1.54) is 24.5 Å². The molecule has 0 aromatic heterocycles. The lowest BCUT2D eigenvalue weighted by Crippen LogP contribution is -2.53. The van der Waals surface area contributed by atoms with Crippen molar-refractivity contribution in [2.45, 2.75) is 16.4 Å². The third kappa shape index (κ3) is 4.41. The van der Waals surface area contributed by atoms with Gasteiger partial charge in [0, 0.05) is 17.1 Å². The zero-order chi connectivity index (χ0) is 17.1. The van der Waals surface area contributed by atoms with E-state index in [4.69, 9.17) is 23.2 Å². The maximum absolute atomic E-state index is 13.3. The van der Waals surface area contributed by atoms with Crippen LogP contribution in [0.15, 0.2) is 24.3 Å².